The van der Waals surface area contributed by atoms with Crippen LogP contribution < -0.4 is 9.46 Å². The Kier molecular flexibility index (Phi) is 8.35. The van der Waals surface area contributed by atoms with Crippen LogP contribution in [0.25, 0.3) is 11.1 Å². The molecule has 0 aliphatic heterocycles. The number of nitrogens with one attached hydrogen (secondary N) is 1. The van der Waals surface area contributed by atoms with Gasteiger partial charge in [-0.1, -0.05) is 23.9 Å². The van der Waals surface area contributed by atoms with Gasteiger partial charge in [-0.2, -0.15) is 10.5 Å². The molecule has 0 aliphatic rings. The second-order valence-corrected chi connectivity index (χ2v) is 9.51. The van der Waals surface area contributed by atoms with Crippen LogP contribution in [0.2, 0.25) is 0 Å². The summed E-state index contributed by atoms with van der Waals surface area (Å²) in [6.45, 7) is 0.483. The van der Waals surface area contributed by atoms with Gasteiger partial charge in [-0.25, -0.2) is 13.4 Å². The zero-order chi connectivity index (χ0) is 24.6. The molecule has 0 fully saturated rings. The van der Waals surface area contributed by atoms with Crippen molar-refractivity contribution in [3.05, 3.63) is 42.5 Å². The molecule has 0 atom stereocenters. The minimum Gasteiger partial charge on any atom is -0.495 e. The number of carbonyl (C=O) groups excluding carboxylic acids is 1. The standard InChI is InChI=1S/C22H21N5O5S2/c1-31-19-7-3-2-6-17(19)26-34(29,30)16-8-9-20-18(14-16)25-22(32-20)33-15-21(28)27(12-4-10-23)13-5-11-24/h2-3,6-9,14,26H,4-5,12-13,15H2,1H3. The highest BCUT2D eigenvalue weighted by molar-refractivity contribution is 7.99. The number of fused-ring (bicyclic) bond motifs is 1. The van der Waals surface area contributed by atoms with Crippen LogP contribution in [0.5, 0.6) is 5.75 Å². The van der Waals surface area contributed by atoms with Crippen molar-refractivity contribution in [1.29, 1.82) is 10.5 Å². The number of benzene rings is 2. The third-order valence-corrected chi connectivity index (χ3v) is 6.84. The molecule has 2 aromatic carbocycles. The van der Waals surface area contributed by atoms with Crippen molar-refractivity contribution in [1.82, 2.24) is 9.88 Å². The first kappa shape index (κ1) is 24.9. The fourth-order valence-electron chi connectivity index (χ4n) is 2.99. The van der Waals surface area contributed by atoms with Gasteiger partial charge in [-0.15, -0.1) is 0 Å². The van der Waals surface area contributed by atoms with Gasteiger partial charge in [0.05, 0.1) is 48.4 Å². The maximum Gasteiger partial charge on any atom is 0.262 e. The summed E-state index contributed by atoms with van der Waals surface area (Å²) in [5.41, 5.74) is 0.998. The summed E-state index contributed by atoms with van der Waals surface area (Å²) in [6, 6.07) is 14.9. The molecule has 0 saturated heterocycles. The number of oxazole rings is 1. The van der Waals surface area contributed by atoms with E-state index in [2.05, 4.69) is 9.71 Å². The molecule has 1 aromatic heterocycles. The molecule has 3 rings (SSSR count). The van der Waals surface area contributed by atoms with Gasteiger partial charge in [0, 0.05) is 13.1 Å². The fourth-order valence-corrected chi connectivity index (χ4v) is 4.82. The van der Waals surface area contributed by atoms with Crippen molar-refractivity contribution >= 4 is 44.5 Å². The first-order valence-electron chi connectivity index (χ1n) is 10.1. The van der Waals surface area contributed by atoms with Crippen LogP contribution in [0, 0.1) is 22.7 Å². The molecule has 3 aromatic rings. The third kappa shape index (κ3) is 6.19. The third-order valence-electron chi connectivity index (χ3n) is 4.66. The molecule has 0 bridgehead atoms. The lowest BCUT2D eigenvalue weighted by Crippen LogP contribution is -2.34. The monoisotopic (exact) mass is 499 g/mol. The van der Waals surface area contributed by atoms with Crippen LogP contribution in [0.1, 0.15) is 12.8 Å². The molecule has 176 valence electrons. The Morgan fingerprint density at radius 3 is 2.56 bits per heavy atom. The average Bonchev–Trinajstić information content (AvgIpc) is 3.25. The van der Waals surface area contributed by atoms with E-state index in [1.807, 2.05) is 12.1 Å². The number of amides is 1. The van der Waals surface area contributed by atoms with Crippen LogP contribution in [-0.2, 0) is 14.8 Å². The van der Waals surface area contributed by atoms with Crippen molar-refractivity contribution in [3.8, 4) is 17.9 Å². The molecule has 34 heavy (non-hydrogen) atoms. The Balaban J connectivity index is 1.73. The van der Waals surface area contributed by atoms with Gasteiger partial charge in [-0.3, -0.25) is 9.52 Å². The number of rotatable bonds is 11. The van der Waals surface area contributed by atoms with Gasteiger partial charge < -0.3 is 14.1 Å². The number of sulfonamides is 1. The van der Waals surface area contributed by atoms with Gasteiger partial charge in [0.25, 0.3) is 15.2 Å². The van der Waals surface area contributed by atoms with Gasteiger partial charge in [-0.05, 0) is 30.3 Å². The highest BCUT2D eigenvalue weighted by Gasteiger charge is 2.19. The van der Waals surface area contributed by atoms with E-state index in [0.29, 0.717) is 22.5 Å². The lowest BCUT2D eigenvalue weighted by atomic mass is 10.3. The zero-order valence-corrected chi connectivity index (χ0v) is 19.9. The van der Waals surface area contributed by atoms with Gasteiger partial charge in [0.15, 0.2) is 5.58 Å². The minimum absolute atomic E-state index is 0.00416. The van der Waals surface area contributed by atoms with E-state index < -0.39 is 10.0 Å². The number of ether oxygens (including phenoxy) is 1. The molecule has 1 N–H and O–H groups in total. The first-order chi connectivity index (χ1) is 16.4. The number of methoxy groups -OCH3 is 1. The van der Waals surface area contributed by atoms with Gasteiger partial charge in [0.1, 0.15) is 11.3 Å². The van der Waals surface area contributed by atoms with E-state index in [-0.39, 0.29) is 47.7 Å². The fraction of sp³-hybridized carbons (Fsp3) is 0.273. The Hall–Kier alpha value is -3.74. The lowest BCUT2D eigenvalue weighted by molar-refractivity contribution is -0.128. The van der Waals surface area contributed by atoms with E-state index in [9.17, 15) is 13.2 Å². The van der Waals surface area contributed by atoms with Crippen molar-refractivity contribution in [2.45, 2.75) is 23.0 Å². The summed E-state index contributed by atoms with van der Waals surface area (Å²) in [7, 11) is -2.47. The smallest absolute Gasteiger partial charge is 0.262 e. The quantitative estimate of drug-likeness (QED) is 0.392. The molecule has 12 heteroatoms. The second-order valence-electron chi connectivity index (χ2n) is 6.90. The number of nitrogens with zero attached hydrogens (tertiary/aromatic N) is 4. The van der Waals surface area contributed by atoms with Crippen molar-refractivity contribution in [3.63, 3.8) is 0 Å². The minimum atomic E-state index is -3.91. The molecule has 0 aliphatic carbocycles. The molecule has 1 heterocycles. The number of anilines is 1. The largest absolute Gasteiger partial charge is 0.495 e. The number of aromatic nitrogens is 1. The van der Waals surface area contributed by atoms with Gasteiger partial charge in [0.2, 0.25) is 5.91 Å². The summed E-state index contributed by atoms with van der Waals surface area (Å²) in [6.07, 6.45) is 0.343. The molecule has 0 saturated carbocycles. The number of hydrogen-bond donors (Lipinski definition) is 1. The molecule has 0 radical (unpaired) electrons. The number of carbonyl (C=O) groups is 1. The van der Waals surface area contributed by atoms with E-state index in [0.717, 1.165) is 11.8 Å². The Labute approximate surface area is 201 Å². The first-order valence-corrected chi connectivity index (χ1v) is 12.6. The van der Waals surface area contributed by atoms with Crippen LogP contribution in [-0.4, -0.2) is 50.2 Å². The highest BCUT2D eigenvalue weighted by atomic mass is 32.2. The Morgan fingerprint density at radius 2 is 1.88 bits per heavy atom. The Morgan fingerprint density at radius 1 is 1.18 bits per heavy atom. The summed E-state index contributed by atoms with van der Waals surface area (Å²) in [5, 5.41) is 17.7. The maximum atomic E-state index is 12.9. The van der Waals surface area contributed by atoms with Crippen molar-refractivity contribution in [2.75, 3.05) is 30.7 Å². The summed E-state index contributed by atoms with van der Waals surface area (Å²) in [5.74, 6) is 0.141. The van der Waals surface area contributed by atoms with Crippen molar-refractivity contribution < 1.29 is 22.4 Å². The summed E-state index contributed by atoms with van der Waals surface area (Å²) >= 11 is 1.05. The van der Waals surface area contributed by atoms with E-state index >= 15 is 0 Å². The number of para-hydroxylation sites is 2. The summed E-state index contributed by atoms with van der Waals surface area (Å²) < 4.78 is 39.0. The SMILES string of the molecule is COc1ccccc1NS(=O)(=O)c1ccc2oc(SCC(=O)N(CCC#N)CCC#N)nc2c1. The molecular weight excluding hydrogens is 478 g/mol. The zero-order valence-electron chi connectivity index (χ0n) is 18.2. The summed E-state index contributed by atoms with van der Waals surface area (Å²) in [4.78, 5) is 18.2. The molecular formula is C22H21N5O5S2. The molecule has 0 unspecified atom stereocenters. The number of thioether (sulfide) groups is 1. The van der Waals surface area contributed by atoms with E-state index in [1.165, 1.54) is 30.2 Å². The maximum absolute atomic E-state index is 12.9. The van der Waals surface area contributed by atoms with Crippen molar-refractivity contribution in [2.24, 2.45) is 0 Å². The topological polar surface area (TPSA) is 149 Å². The second kappa shape index (κ2) is 11.4. The van der Waals surface area contributed by atoms with Crippen LogP contribution in [0.15, 0.2) is 57.0 Å². The van der Waals surface area contributed by atoms with Gasteiger partial charge >= 0.3 is 0 Å². The predicted octanol–water partition coefficient (Wildman–Crippen LogP) is 3.39. The van der Waals surface area contributed by atoms with Crippen LogP contribution >= 0.6 is 11.8 Å². The van der Waals surface area contributed by atoms with Crippen LogP contribution in [0.3, 0.4) is 0 Å². The molecule has 1 amide bonds. The van der Waals surface area contributed by atoms with E-state index in [1.54, 1.807) is 24.3 Å². The normalized spacial score (nSPS) is 10.9. The van der Waals surface area contributed by atoms with E-state index in [4.69, 9.17) is 19.7 Å². The number of hydrogen-bond acceptors (Lipinski definition) is 9. The molecule has 10 nitrogen and oxygen atoms in total. The predicted molar refractivity (Wildman–Crippen MR) is 126 cm³/mol. The molecule has 0 spiro atoms. The Bertz CT molecular complexity index is 1340. The average molecular weight is 500 g/mol. The lowest BCUT2D eigenvalue weighted by Gasteiger charge is -2.19. The highest BCUT2D eigenvalue weighted by Crippen LogP contribution is 2.29. The number of nitriles is 2. The van der Waals surface area contributed by atoms with Crippen LogP contribution in [0.4, 0.5) is 5.69 Å².